The summed E-state index contributed by atoms with van der Waals surface area (Å²) < 4.78 is 1.99. The van der Waals surface area contributed by atoms with Crippen molar-refractivity contribution in [3.8, 4) is 0 Å². The largest absolute Gasteiger partial charge is 0.123 e. The van der Waals surface area contributed by atoms with Gasteiger partial charge in [-0.2, -0.15) is 0 Å². The maximum absolute atomic E-state index is 5.81. The minimum atomic E-state index is 0.756. The van der Waals surface area contributed by atoms with E-state index in [0.29, 0.717) is 0 Å². The first-order valence-electron chi connectivity index (χ1n) is 3.10. The van der Waals surface area contributed by atoms with E-state index in [1.165, 1.54) is 4.70 Å². The number of rotatable bonds is 0. The van der Waals surface area contributed by atoms with E-state index in [1.54, 1.807) is 11.3 Å². The zero-order valence-electron chi connectivity index (χ0n) is 5.47. The third kappa shape index (κ3) is 1.36. The van der Waals surface area contributed by atoms with E-state index >= 15 is 0 Å². The van der Waals surface area contributed by atoms with Crippen LogP contribution in [-0.4, -0.2) is 0 Å². The van der Waals surface area contributed by atoms with Crippen LogP contribution >= 0.6 is 34.5 Å². The van der Waals surface area contributed by atoms with Crippen molar-refractivity contribution >= 4 is 44.6 Å². The van der Waals surface area contributed by atoms with Gasteiger partial charge in [0.2, 0.25) is 0 Å². The summed E-state index contributed by atoms with van der Waals surface area (Å²) in [6.07, 6.45) is 0. The Morgan fingerprint density at radius 3 is 2.73 bits per heavy atom. The van der Waals surface area contributed by atoms with Crippen LogP contribution in [-0.2, 0) is 0 Å². The Morgan fingerprint density at radius 2 is 1.91 bits per heavy atom. The average molecular weight is 203 g/mol. The molecule has 0 aliphatic rings. The molecule has 56 valence electrons. The number of hydrogen-bond donors (Lipinski definition) is 0. The number of thiophene rings is 1. The molecule has 0 amide bonds. The highest BCUT2D eigenvalue weighted by Gasteiger charge is 1.98. The smallest absolute Gasteiger partial charge is 0.0940 e. The fourth-order valence-corrected chi connectivity index (χ4v) is 2.30. The quantitative estimate of drug-likeness (QED) is 0.601. The second-order valence-corrected chi connectivity index (χ2v) is 4.38. The Bertz CT molecular complexity index is 392. The highest BCUT2D eigenvalue weighted by molar-refractivity contribution is 7.22. The highest BCUT2D eigenvalue weighted by Crippen LogP contribution is 2.30. The molecule has 0 bridgehead atoms. The molecule has 0 radical (unpaired) electrons. The Kier molecular flexibility index (Phi) is 1.80. The summed E-state index contributed by atoms with van der Waals surface area (Å²) in [5, 5.41) is 1.87. The van der Waals surface area contributed by atoms with Crippen molar-refractivity contribution in [1.29, 1.82) is 0 Å². The Hall–Kier alpha value is -0.240. The van der Waals surface area contributed by atoms with Crippen molar-refractivity contribution < 1.29 is 0 Å². The summed E-state index contributed by atoms with van der Waals surface area (Å²) in [4.78, 5) is 0. The van der Waals surface area contributed by atoms with Crippen molar-refractivity contribution in [2.24, 2.45) is 0 Å². The summed E-state index contributed by atoms with van der Waals surface area (Å²) in [7, 11) is 0. The van der Waals surface area contributed by atoms with Gasteiger partial charge in [0.1, 0.15) is 0 Å². The number of fused-ring (bicyclic) bond motifs is 1. The minimum absolute atomic E-state index is 0.756. The molecule has 0 saturated heterocycles. The van der Waals surface area contributed by atoms with Crippen LogP contribution in [0.2, 0.25) is 9.36 Å². The number of halogens is 2. The van der Waals surface area contributed by atoms with E-state index in [-0.39, 0.29) is 0 Å². The van der Waals surface area contributed by atoms with Crippen LogP contribution in [0.5, 0.6) is 0 Å². The number of hydrogen-bond acceptors (Lipinski definition) is 1. The van der Waals surface area contributed by atoms with Gasteiger partial charge in [-0.1, -0.05) is 23.2 Å². The van der Waals surface area contributed by atoms with E-state index in [0.717, 1.165) is 14.7 Å². The van der Waals surface area contributed by atoms with Gasteiger partial charge < -0.3 is 0 Å². The van der Waals surface area contributed by atoms with Crippen LogP contribution in [0.3, 0.4) is 0 Å². The first kappa shape index (κ1) is 7.41. The van der Waals surface area contributed by atoms with Crippen molar-refractivity contribution in [3.63, 3.8) is 0 Å². The van der Waals surface area contributed by atoms with Crippen LogP contribution in [0.15, 0.2) is 24.3 Å². The van der Waals surface area contributed by atoms with Gasteiger partial charge in [0, 0.05) is 9.72 Å². The average Bonchev–Trinajstić information content (AvgIpc) is 2.27. The van der Waals surface area contributed by atoms with E-state index < -0.39 is 0 Å². The number of benzene rings is 1. The topological polar surface area (TPSA) is 0 Å². The molecular formula is C8H4Cl2S. The molecule has 0 N–H and O–H groups in total. The second kappa shape index (κ2) is 2.67. The molecule has 2 aromatic rings. The van der Waals surface area contributed by atoms with E-state index in [1.807, 2.05) is 24.3 Å². The molecule has 0 spiro atoms. The van der Waals surface area contributed by atoms with Crippen LogP contribution < -0.4 is 0 Å². The van der Waals surface area contributed by atoms with Gasteiger partial charge in [0.15, 0.2) is 0 Å². The molecule has 3 heteroatoms. The van der Waals surface area contributed by atoms with Crippen molar-refractivity contribution in [3.05, 3.63) is 33.6 Å². The minimum Gasteiger partial charge on any atom is -0.123 e. The summed E-state index contributed by atoms with van der Waals surface area (Å²) in [5.74, 6) is 0. The lowest BCUT2D eigenvalue weighted by Crippen LogP contribution is -1.61. The van der Waals surface area contributed by atoms with Crippen molar-refractivity contribution in [2.45, 2.75) is 0 Å². The van der Waals surface area contributed by atoms with Gasteiger partial charge in [-0.3, -0.25) is 0 Å². The third-order valence-corrected chi connectivity index (χ3v) is 2.93. The molecule has 1 heterocycles. The van der Waals surface area contributed by atoms with Gasteiger partial charge >= 0.3 is 0 Å². The van der Waals surface area contributed by atoms with E-state index in [9.17, 15) is 0 Å². The summed E-state index contributed by atoms with van der Waals surface area (Å²) >= 11 is 13.2. The summed E-state index contributed by atoms with van der Waals surface area (Å²) in [5.41, 5.74) is 0. The van der Waals surface area contributed by atoms with Gasteiger partial charge in [-0.15, -0.1) is 11.3 Å². The third-order valence-electron chi connectivity index (χ3n) is 1.45. The molecule has 11 heavy (non-hydrogen) atoms. The maximum Gasteiger partial charge on any atom is 0.0940 e. The second-order valence-electron chi connectivity index (χ2n) is 2.23. The molecule has 0 aliphatic carbocycles. The molecule has 2 rings (SSSR count). The molecule has 0 aliphatic heterocycles. The maximum atomic E-state index is 5.81. The van der Waals surface area contributed by atoms with Crippen molar-refractivity contribution in [1.82, 2.24) is 0 Å². The fraction of sp³-hybridized carbons (Fsp3) is 0. The summed E-state index contributed by atoms with van der Waals surface area (Å²) in [6, 6.07) is 7.69. The molecule has 0 atom stereocenters. The molecule has 0 nitrogen and oxygen atoms in total. The zero-order chi connectivity index (χ0) is 7.84. The standard InChI is InChI=1S/C8H4Cl2S/c9-6-1-2-7-5(3-6)4-8(10)11-7/h1-4H. The molecule has 1 aromatic carbocycles. The highest BCUT2D eigenvalue weighted by atomic mass is 35.5. The van der Waals surface area contributed by atoms with Crippen LogP contribution in [0.1, 0.15) is 0 Å². The molecule has 0 fully saturated rings. The summed E-state index contributed by atoms with van der Waals surface area (Å²) in [6.45, 7) is 0. The fourth-order valence-electron chi connectivity index (χ4n) is 0.982. The monoisotopic (exact) mass is 202 g/mol. The molecule has 0 unspecified atom stereocenters. The lowest BCUT2D eigenvalue weighted by molar-refractivity contribution is 1.85. The van der Waals surface area contributed by atoms with Gasteiger partial charge in [0.25, 0.3) is 0 Å². The SMILES string of the molecule is Clc1ccc2sc(Cl)cc2c1. The zero-order valence-corrected chi connectivity index (χ0v) is 7.80. The van der Waals surface area contributed by atoms with Gasteiger partial charge in [-0.25, -0.2) is 0 Å². The Balaban J connectivity index is 2.82. The van der Waals surface area contributed by atoms with Crippen LogP contribution in [0.4, 0.5) is 0 Å². The predicted octanol–water partition coefficient (Wildman–Crippen LogP) is 4.21. The normalized spacial score (nSPS) is 10.7. The van der Waals surface area contributed by atoms with Crippen LogP contribution in [0.25, 0.3) is 10.1 Å². The molecular weight excluding hydrogens is 199 g/mol. The van der Waals surface area contributed by atoms with E-state index in [4.69, 9.17) is 23.2 Å². The Morgan fingerprint density at radius 1 is 1.09 bits per heavy atom. The van der Waals surface area contributed by atoms with Gasteiger partial charge in [-0.05, 0) is 29.7 Å². The lowest BCUT2D eigenvalue weighted by atomic mass is 10.3. The first-order valence-corrected chi connectivity index (χ1v) is 4.67. The Labute approximate surface area is 78.4 Å². The van der Waals surface area contributed by atoms with Crippen LogP contribution in [0, 0.1) is 0 Å². The molecule has 0 saturated carbocycles. The van der Waals surface area contributed by atoms with E-state index in [2.05, 4.69) is 0 Å². The van der Waals surface area contributed by atoms with Gasteiger partial charge in [0.05, 0.1) is 4.34 Å². The van der Waals surface area contributed by atoms with Crippen molar-refractivity contribution in [2.75, 3.05) is 0 Å². The lowest BCUT2D eigenvalue weighted by Gasteiger charge is -1.87. The molecule has 1 aromatic heterocycles. The first-order chi connectivity index (χ1) is 5.25. The predicted molar refractivity (Wildman–Crippen MR) is 51.8 cm³/mol.